The van der Waals surface area contributed by atoms with Crippen molar-refractivity contribution in [3.8, 4) is 35.4 Å². The molecule has 5 aromatic rings. The number of aromatic nitrogens is 2. The third-order valence-electron chi connectivity index (χ3n) is 5.60. The summed E-state index contributed by atoms with van der Waals surface area (Å²) in [5.74, 6) is 6.26. The smallest absolute Gasteiger partial charge is 0.141 e. The van der Waals surface area contributed by atoms with E-state index >= 15 is 0 Å². The second-order valence-corrected chi connectivity index (χ2v) is 8.08. The second-order valence-electron chi connectivity index (χ2n) is 7.65. The second kappa shape index (κ2) is 8.26. The molecule has 0 aliphatic heterocycles. The Morgan fingerprint density at radius 3 is 2.38 bits per heavy atom. The molecule has 0 amide bonds. The van der Waals surface area contributed by atoms with Crippen LogP contribution in [0.2, 0.25) is 5.02 Å². The average Bonchev–Trinajstić information content (AvgIpc) is 3.31. The molecule has 5 rings (SSSR count). The van der Waals surface area contributed by atoms with Gasteiger partial charge in [-0.3, -0.25) is 0 Å². The Bertz CT molecular complexity index is 1790. The van der Waals surface area contributed by atoms with Gasteiger partial charge in [0.25, 0.3) is 0 Å². The number of H-pyrrole nitrogens is 1. The molecule has 0 fully saturated rings. The normalized spacial score (nSPS) is 11.2. The van der Waals surface area contributed by atoms with E-state index in [2.05, 4.69) is 34.1 Å². The van der Waals surface area contributed by atoms with Crippen molar-refractivity contribution in [2.24, 2.45) is 5.16 Å². The Morgan fingerprint density at radius 1 is 0.971 bits per heavy atom. The van der Waals surface area contributed by atoms with Gasteiger partial charge in [-0.1, -0.05) is 40.9 Å². The molecular formula is C27H14ClN5O. The highest BCUT2D eigenvalue weighted by atomic mass is 35.5. The molecule has 0 bridgehead atoms. The summed E-state index contributed by atoms with van der Waals surface area (Å²) in [5.41, 5.74) is 3.77. The molecule has 0 saturated heterocycles. The van der Waals surface area contributed by atoms with Gasteiger partial charge in [-0.2, -0.15) is 10.5 Å². The van der Waals surface area contributed by atoms with E-state index in [0.717, 1.165) is 32.6 Å². The molecule has 4 aromatic carbocycles. The van der Waals surface area contributed by atoms with Crippen LogP contribution in [0.15, 0.2) is 59.8 Å². The number of benzene rings is 4. The first-order valence-corrected chi connectivity index (χ1v) is 10.6. The quantitative estimate of drug-likeness (QED) is 0.103. The third kappa shape index (κ3) is 3.38. The highest BCUT2D eigenvalue weighted by molar-refractivity contribution is 6.33. The van der Waals surface area contributed by atoms with Crippen LogP contribution in [0.3, 0.4) is 0 Å². The number of hydrogen-bond donors (Lipinski definition) is 2. The maximum atomic E-state index is 9.63. The summed E-state index contributed by atoms with van der Waals surface area (Å²) in [4.78, 5) is 8.18. The van der Waals surface area contributed by atoms with E-state index in [1.165, 1.54) is 0 Å². The largest absolute Gasteiger partial charge is 0.410 e. The first kappa shape index (κ1) is 21.0. The zero-order valence-corrected chi connectivity index (χ0v) is 18.6. The Morgan fingerprint density at radius 2 is 1.68 bits per heavy atom. The van der Waals surface area contributed by atoms with Gasteiger partial charge in [-0.05, 0) is 60.0 Å². The van der Waals surface area contributed by atoms with Crippen molar-refractivity contribution in [2.75, 3.05) is 0 Å². The van der Waals surface area contributed by atoms with Crippen molar-refractivity contribution >= 4 is 49.9 Å². The zero-order valence-electron chi connectivity index (χ0n) is 17.8. The SMILES string of the molecule is C/C(C#Cc1ccc2c(c1)c1cc(Cl)ccc1c1nc(-c3c(C#N)cccc3C#N)[nH]c21)=N\O. The number of aromatic amines is 1. The molecule has 6 nitrogen and oxygen atoms in total. The predicted octanol–water partition coefficient (Wildman–Crippen LogP) is 6.13. The number of fused-ring (bicyclic) bond motifs is 6. The maximum Gasteiger partial charge on any atom is 0.141 e. The average molecular weight is 460 g/mol. The van der Waals surface area contributed by atoms with Crippen molar-refractivity contribution in [3.63, 3.8) is 0 Å². The van der Waals surface area contributed by atoms with E-state index in [9.17, 15) is 10.5 Å². The number of oxime groups is 1. The van der Waals surface area contributed by atoms with Crippen LogP contribution >= 0.6 is 11.6 Å². The molecule has 0 saturated carbocycles. The van der Waals surface area contributed by atoms with Gasteiger partial charge < -0.3 is 10.2 Å². The van der Waals surface area contributed by atoms with E-state index in [1.807, 2.05) is 30.3 Å². The fourth-order valence-corrected chi connectivity index (χ4v) is 4.24. The lowest BCUT2D eigenvalue weighted by Crippen LogP contribution is -1.91. The standard InChI is InChI=1S/C27H14ClN5O/c1-15(33-34)5-6-16-7-9-20-22(11-16)23-12-19(28)8-10-21(23)26-25(20)31-27(32-26)24-17(13-29)3-2-4-18(24)14-30/h2-4,7-12,34H,1H3,(H,31,32)/b33-15+. The predicted molar refractivity (Wildman–Crippen MR) is 133 cm³/mol. The van der Waals surface area contributed by atoms with Gasteiger partial charge in [0.2, 0.25) is 0 Å². The Kier molecular flexibility index (Phi) is 5.11. The van der Waals surface area contributed by atoms with E-state index in [0.29, 0.717) is 38.8 Å². The van der Waals surface area contributed by atoms with Gasteiger partial charge >= 0.3 is 0 Å². The molecule has 0 aliphatic carbocycles. The summed E-state index contributed by atoms with van der Waals surface area (Å²) >= 11 is 6.34. The lowest BCUT2D eigenvalue weighted by atomic mass is 9.98. The molecule has 34 heavy (non-hydrogen) atoms. The van der Waals surface area contributed by atoms with Crippen LogP contribution in [0.25, 0.3) is 44.0 Å². The Labute approximate surface area is 199 Å². The molecule has 0 radical (unpaired) electrons. The molecule has 0 spiro atoms. The molecule has 1 aromatic heterocycles. The van der Waals surface area contributed by atoms with E-state index in [1.54, 1.807) is 31.2 Å². The third-order valence-corrected chi connectivity index (χ3v) is 5.83. The number of rotatable bonds is 1. The first-order chi connectivity index (χ1) is 16.5. The van der Waals surface area contributed by atoms with Gasteiger partial charge in [0, 0.05) is 21.4 Å². The Hall–Kier alpha value is -4.83. The van der Waals surface area contributed by atoms with Gasteiger partial charge in [0.15, 0.2) is 0 Å². The molecule has 0 aliphatic rings. The van der Waals surface area contributed by atoms with Gasteiger partial charge in [0.1, 0.15) is 11.5 Å². The molecule has 1 heterocycles. The Balaban J connectivity index is 1.88. The number of imidazole rings is 1. The minimum absolute atomic E-state index is 0.311. The highest BCUT2D eigenvalue weighted by Gasteiger charge is 2.18. The summed E-state index contributed by atoms with van der Waals surface area (Å²) in [6, 6.07) is 20.7. The van der Waals surface area contributed by atoms with E-state index < -0.39 is 0 Å². The van der Waals surface area contributed by atoms with Crippen LogP contribution in [-0.4, -0.2) is 20.9 Å². The minimum atomic E-state index is 0.311. The summed E-state index contributed by atoms with van der Waals surface area (Å²) < 4.78 is 0. The van der Waals surface area contributed by atoms with Crippen LogP contribution in [0.5, 0.6) is 0 Å². The van der Waals surface area contributed by atoms with Crippen molar-refractivity contribution in [1.29, 1.82) is 10.5 Å². The summed E-state index contributed by atoms with van der Waals surface area (Å²) in [6.07, 6.45) is 0. The first-order valence-electron chi connectivity index (χ1n) is 10.2. The highest BCUT2D eigenvalue weighted by Crippen LogP contribution is 2.37. The minimum Gasteiger partial charge on any atom is -0.410 e. The zero-order chi connectivity index (χ0) is 23.8. The van der Waals surface area contributed by atoms with Crippen molar-refractivity contribution < 1.29 is 5.21 Å². The van der Waals surface area contributed by atoms with Gasteiger partial charge in [0.05, 0.1) is 39.9 Å². The molecule has 0 unspecified atom stereocenters. The number of hydrogen-bond acceptors (Lipinski definition) is 5. The lowest BCUT2D eigenvalue weighted by molar-refractivity contribution is 0.319. The van der Waals surface area contributed by atoms with Gasteiger partial charge in [-0.25, -0.2) is 4.98 Å². The van der Waals surface area contributed by atoms with E-state index in [-0.39, 0.29) is 0 Å². The van der Waals surface area contributed by atoms with Crippen molar-refractivity contribution in [2.45, 2.75) is 6.92 Å². The van der Waals surface area contributed by atoms with Crippen LogP contribution in [0.4, 0.5) is 0 Å². The molecule has 2 N–H and O–H groups in total. The van der Waals surface area contributed by atoms with Crippen LogP contribution in [0.1, 0.15) is 23.6 Å². The maximum absolute atomic E-state index is 9.63. The fourth-order valence-electron chi connectivity index (χ4n) is 4.07. The summed E-state index contributed by atoms with van der Waals surface area (Å²) in [6.45, 7) is 1.62. The summed E-state index contributed by atoms with van der Waals surface area (Å²) in [5, 5.41) is 35.4. The van der Waals surface area contributed by atoms with Crippen molar-refractivity contribution in [1.82, 2.24) is 9.97 Å². The van der Waals surface area contributed by atoms with Crippen LogP contribution < -0.4 is 0 Å². The van der Waals surface area contributed by atoms with Gasteiger partial charge in [-0.15, -0.1) is 0 Å². The molecule has 7 heteroatoms. The van der Waals surface area contributed by atoms with Crippen LogP contribution in [-0.2, 0) is 0 Å². The lowest BCUT2D eigenvalue weighted by Gasteiger charge is -2.07. The number of nitrogens with zero attached hydrogens (tertiary/aromatic N) is 4. The molecule has 0 atom stereocenters. The molecular weight excluding hydrogens is 446 g/mol. The topological polar surface area (TPSA) is 109 Å². The number of halogens is 1. The van der Waals surface area contributed by atoms with Crippen LogP contribution in [0, 0.1) is 34.5 Å². The van der Waals surface area contributed by atoms with Crippen molar-refractivity contribution in [3.05, 3.63) is 76.3 Å². The number of nitriles is 2. The fraction of sp³-hybridized carbons (Fsp3) is 0.0370. The van der Waals surface area contributed by atoms with E-state index in [4.69, 9.17) is 21.8 Å². The monoisotopic (exact) mass is 459 g/mol. The summed E-state index contributed by atoms with van der Waals surface area (Å²) in [7, 11) is 0. The molecule has 160 valence electrons. The number of nitrogens with one attached hydrogen (secondary N) is 1.